The maximum atomic E-state index is 12.6. The van der Waals surface area contributed by atoms with E-state index in [0.29, 0.717) is 36.4 Å². The van der Waals surface area contributed by atoms with Gasteiger partial charge in [0, 0.05) is 30.1 Å². The van der Waals surface area contributed by atoms with Gasteiger partial charge in [0.1, 0.15) is 5.69 Å². The Morgan fingerprint density at radius 1 is 1.19 bits per heavy atom. The van der Waals surface area contributed by atoms with Crippen LogP contribution in [0.4, 0.5) is 9.93 Å². The van der Waals surface area contributed by atoms with Crippen LogP contribution in [0.3, 0.4) is 0 Å². The van der Waals surface area contributed by atoms with Gasteiger partial charge in [-0.3, -0.25) is 15.1 Å². The Balaban J connectivity index is 1.37. The van der Waals surface area contributed by atoms with Crippen LogP contribution >= 0.6 is 11.3 Å². The van der Waals surface area contributed by atoms with Gasteiger partial charge in [0.2, 0.25) is 0 Å². The molecule has 142 valence electrons. The monoisotopic (exact) mass is 385 g/mol. The quantitative estimate of drug-likeness (QED) is 0.849. The van der Waals surface area contributed by atoms with Gasteiger partial charge in [0.05, 0.1) is 12.2 Å². The van der Waals surface area contributed by atoms with Crippen molar-refractivity contribution in [3.8, 4) is 0 Å². The van der Waals surface area contributed by atoms with E-state index in [4.69, 9.17) is 0 Å². The molecule has 8 heteroatoms. The molecule has 3 heterocycles. The molecule has 2 aromatic heterocycles. The van der Waals surface area contributed by atoms with Crippen LogP contribution in [0.15, 0.2) is 24.4 Å². The van der Waals surface area contributed by atoms with E-state index in [1.165, 1.54) is 30.6 Å². The molecular weight excluding hydrogens is 362 g/mol. The summed E-state index contributed by atoms with van der Waals surface area (Å²) < 4.78 is 0. The number of fused-ring (bicyclic) bond motifs is 1. The highest BCUT2D eigenvalue weighted by atomic mass is 32.1. The molecule has 0 saturated heterocycles. The average molecular weight is 385 g/mol. The summed E-state index contributed by atoms with van der Waals surface area (Å²) in [4.78, 5) is 36.3. The highest BCUT2D eigenvalue weighted by molar-refractivity contribution is 7.15. The first-order valence-electron chi connectivity index (χ1n) is 9.45. The highest BCUT2D eigenvalue weighted by Crippen LogP contribution is 2.29. The van der Waals surface area contributed by atoms with Crippen LogP contribution in [-0.4, -0.2) is 39.4 Å². The number of hydrogen-bond donors (Lipinski definition) is 2. The molecule has 1 saturated carbocycles. The zero-order chi connectivity index (χ0) is 18.6. The van der Waals surface area contributed by atoms with Gasteiger partial charge in [0.25, 0.3) is 5.91 Å². The summed E-state index contributed by atoms with van der Waals surface area (Å²) >= 11 is 1.43. The smallest absolute Gasteiger partial charge is 0.317 e. The van der Waals surface area contributed by atoms with Gasteiger partial charge in [-0.05, 0) is 25.0 Å². The topological polar surface area (TPSA) is 87.2 Å². The third kappa shape index (κ3) is 4.27. The van der Waals surface area contributed by atoms with E-state index < -0.39 is 0 Å². The molecule has 4 rings (SSSR count). The molecule has 2 N–H and O–H groups in total. The van der Waals surface area contributed by atoms with E-state index in [-0.39, 0.29) is 11.9 Å². The van der Waals surface area contributed by atoms with Crippen molar-refractivity contribution in [3.05, 3.63) is 40.7 Å². The molecule has 0 atom stereocenters. The number of nitrogens with zero attached hydrogens (tertiary/aromatic N) is 3. The van der Waals surface area contributed by atoms with Crippen LogP contribution in [0.25, 0.3) is 0 Å². The number of thiazole rings is 1. The fraction of sp³-hybridized carbons (Fsp3) is 0.474. The van der Waals surface area contributed by atoms with E-state index in [1.807, 2.05) is 4.90 Å². The SMILES string of the molecule is O=C(Nc1nc2c(s1)CN(C(=O)NC1CCCCC1)CC2)c1ccccn1. The average Bonchev–Trinajstić information content (AvgIpc) is 3.10. The number of pyridine rings is 1. The lowest BCUT2D eigenvalue weighted by Gasteiger charge is -2.30. The van der Waals surface area contributed by atoms with E-state index in [0.717, 1.165) is 23.4 Å². The maximum absolute atomic E-state index is 12.6. The lowest BCUT2D eigenvalue weighted by atomic mass is 9.96. The minimum atomic E-state index is -0.270. The number of carbonyl (C=O) groups is 2. The Bertz CT molecular complexity index is 817. The van der Waals surface area contributed by atoms with E-state index in [9.17, 15) is 9.59 Å². The Morgan fingerprint density at radius 3 is 2.81 bits per heavy atom. The highest BCUT2D eigenvalue weighted by Gasteiger charge is 2.26. The first-order valence-corrected chi connectivity index (χ1v) is 10.3. The number of carbonyl (C=O) groups excluding carboxylic acids is 2. The van der Waals surface area contributed by atoms with Gasteiger partial charge >= 0.3 is 6.03 Å². The second-order valence-electron chi connectivity index (χ2n) is 7.01. The Morgan fingerprint density at radius 2 is 2.04 bits per heavy atom. The van der Waals surface area contributed by atoms with Crippen LogP contribution in [0, 0.1) is 0 Å². The van der Waals surface area contributed by atoms with Gasteiger partial charge in [0.15, 0.2) is 5.13 Å². The summed E-state index contributed by atoms with van der Waals surface area (Å²) in [5.74, 6) is -0.270. The normalized spacial score (nSPS) is 17.3. The third-order valence-corrected chi connectivity index (χ3v) is 6.07. The zero-order valence-corrected chi connectivity index (χ0v) is 15.9. The fourth-order valence-electron chi connectivity index (χ4n) is 3.59. The molecule has 1 fully saturated rings. The second kappa shape index (κ2) is 8.04. The number of hydrogen-bond acceptors (Lipinski definition) is 5. The largest absolute Gasteiger partial charge is 0.335 e. The summed E-state index contributed by atoms with van der Waals surface area (Å²) in [6.45, 7) is 1.20. The molecule has 2 aliphatic rings. The fourth-order valence-corrected chi connectivity index (χ4v) is 4.61. The van der Waals surface area contributed by atoms with Crippen molar-refractivity contribution in [1.82, 2.24) is 20.2 Å². The number of amides is 3. The summed E-state index contributed by atoms with van der Waals surface area (Å²) in [6.07, 6.45) is 8.12. The van der Waals surface area contributed by atoms with Gasteiger partial charge in [-0.15, -0.1) is 0 Å². The molecule has 27 heavy (non-hydrogen) atoms. The number of nitrogens with one attached hydrogen (secondary N) is 2. The van der Waals surface area contributed by atoms with Crippen molar-refractivity contribution < 1.29 is 9.59 Å². The van der Waals surface area contributed by atoms with Gasteiger partial charge in [-0.2, -0.15) is 0 Å². The molecule has 0 radical (unpaired) electrons. The van der Waals surface area contributed by atoms with Gasteiger partial charge in [-0.25, -0.2) is 9.78 Å². The lowest BCUT2D eigenvalue weighted by Crippen LogP contribution is -2.47. The Labute approximate surface area is 162 Å². The van der Waals surface area contributed by atoms with Crippen molar-refractivity contribution in [3.63, 3.8) is 0 Å². The van der Waals surface area contributed by atoms with Crippen LogP contribution in [0.2, 0.25) is 0 Å². The first-order chi connectivity index (χ1) is 13.2. The molecule has 0 spiro atoms. The standard InChI is InChI=1S/C19H23N5O2S/c25-17(15-8-4-5-10-20-15)23-18-22-14-9-11-24(12-16(14)27-18)19(26)21-13-6-2-1-3-7-13/h4-5,8,10,13H,1-3,6-7,9,11-12H2,(H,21,26)(H,22,23,25). The molecule has 1 aliphatic carbocycles. The number of urea groups is 1. The van der Waals surface area contributed by atoms with E-state index >= 15 is 0 Å². The van der Waals surface area contributed by atoms with Crippen molar-refractivity contribution in [2.45, 2.75) is 51.1 Å². The maximum Gasteiger partial charge on any atom is 0.317 e. The van der Waals surface area contributed by atoms with Crippen LogP contribution in [0.1, 0.15) is 53.2 Å². The Hall–Kier alpha value is -2.48. The predicted molar refractivity (Wildman–Crippen MR) is 104 cm³/mol. The molecule has 7 nitrogen and oxygen atoms in total. The number of rotatable bonds is 3. The molecule has 0 unspecified atom stereocenters. The van der Waals surface area contributed by atoms with Crippen molar-refractivity contribution in [2.24, 2.45) is 0 Å². The van der Waals surface area contributed by atoms with Crippen LogP contribution < -0.4 is 10.6 Å². The van der Waals surface area contributed by atoms with Crippen LogP contribution in [-0.2, 0) is 13.0 Å². The lowest BCUT2D eigenvalue weighted by molar-refractivity contribution is 0.102. The van der Waals surface area contributed by atoms with E-state index in [2.05, 4.69) is 20.6 Å². The van der Waals surface area contributed by atoms with Crippen molar-refractivity contribution in [1.29, 1.82) is 0 Å². The minimum absolute atomic E-state index is 0.0139. The summed E-state index contributed by atoms with van der Waals surface area (Å²) in [5.41, 5.74) is 1.33. The minimum Gasteiger partial charge on any atom is -0.335 e. The molecule has 0 aromatic carbocycles. The van der Waals surface area contributed by atoms with Gasteiger partial charge < -0.3 is 10.2 Å². The van der Waals surface area contributed by atoms with Crippen molar-refractivity contribution in [2.75, 3.05) is 11.9 Å². The van der Waals surface area contributed by atoms with Gasteiger partial charge in [-0.1, -0.05) is 36.7 Å². The summed E-state index contributed by atoms with van der Waals surface area (Å²) in [7, 11) is 0. The van der Waals surface area contributed by atoms with E-state index in [1.54, 1.807) is 24.4 Å². The molecule has 3 amide bonds. The Kier molecular flexibility index (Phi) is 5.33. The molecular formula is C19H23N5O2S. The van der Waals surface area contributed by atoms with Crippen LogP contribution in [0.5, 0.6) is 0 Å². The van der Waals surface area contributed by atoms with Crippen molar-refractivity contribution >= 4 is 28.4 Å². The zero-order valence-electron chi connectivity index (χ0n) is 15.1. The first kappa shape index (κ1) is 17.9. The predicted octanol–water partition coefficient (Wildman–Crippen LogP) is 3.19. The molecule has 2 aromatic rings. The third-order valence-electron chi connectivity index (χ3n) is 5.07. The molecule has 0 bridgehead atoms. The number of anilines is 1. The second-order valence-corrected chi connectivity index (χ2v) is 8.10. The number of aromatic nitrogens is 2. The molecule has 1 aliphatic heterocycles. The summed E-state index contributed by atoms with van der Waals surface area (Å²) in [5, 5.41) is 6.55. The summed E-state index contributed by atoms with van der Waals surface area (Å²) in [6, 6.07) is 5.53.